The molecule has 0 amide bonds. The molecule has 0 radical (unpaired) electrons. The van der Waals surface area contributed by atoms with Gasteiger partial charge in [0.05, 0.1) is 31.4 Å². The largest absolute Gasteiger partial charge is 0.480 e. The zero-order valence-electron chi connectivity index (χ0n) is 18.1. The third-order valence-electron chi connectivity index (χ3n) is 4.76. The number of hydrogen-bond acceptors (Lipinski definition) is 11. The number of nitrogens with zero attached hydrogens (tertiary/aromatic N) is 3. The lowest BCUT2D eigenvalue weighted by Gasteiger charge is -2.34. The zero-order valence-corrected chi connectivity index (χ0v) is 18.9. The Hall–Kier alpha value is -2.83. The van der Waals surface area contributed by atoms with E-state index < -0.39 is 30.1 Å². The maximum atomic E-state index is 12.9. The van der Waals surface area contributed by atoms with Crippen molar-refractivity contribution in [3.63, 3.8) is 0 Å². The number of morpholine rings is 1. The summed E-state index contributed by atoms with van der Waals surface area (Å²) in [5.41, 5.74) is 0.665. The molecular weight excluding hydrogens is 440 g/mol. The van der Waals surface area contributed by atoms with E-state index in [4.69, 9.17) is 14.2 Å². The molecule has 3 rings (SSSR count). The number of ether oxygens (including phenoxy) is 3. The molecule has 1 fully saturated rings. The number of aliphatic carboxylic acids is 1. The van der Waals surface area contributed by atoms with Gasteiger partial charge in [-0.3, -0.25) is 14.7 Å². The first kappa shape index (κ1) is 23.8. The van der Waals surface area contributed by atoms with Gasteiger partial charge in [0, 0.05) is 30.4 Å². The first-order valence-corrected chi connectivity index (χ1v) is 11.0. The first-order chi connectivity index (χ1) is 15.3. The van der Waals surface area contributed by atoms with Crippen LogP contribution in [0, 0.1) is 0 Å². The van der Waals surface area contributed by atoms with Crippen LogP contribution in [0.25, 0.3) is 0 Å². The molecule has 32 heavy (non-hydrogen) atoms. The normalized spacial score (nSPS) is 20.4. The minimum Gasteiger partial charge on any atom is -0.480 e. The van der Waals surface area contributed by atoms with Crippen molar-refractivity contribution in [1.29, 1.82) is 0 Å². The Kier molecular flexibility index (Phi) is 7.94. The Bertz CT molecular complexity index is 913. The number of rotatable bonds is 8. The summed E-state index contributed by atoms with van der Waals surface area (Å²) in [6.07, 6.45) is 0.203. The molecule has 1 aromatic heterocycles. The molecule has 0 aromatic carbocycles. The Balaban J connectivity index is 1.81. The van der Waals surface area contributed by atoms with E-state index in [1.54, 1.807) is 30.3 Å². The molecule has 0 spiro atoms. The number of nitrogens with one attached hydrogen (secondary N) is 1. The first-order valence-electron chi connectivity index (χ1n) is 10.2. The minimum atomic E-state index is -1.10. The highest BCUT2D eigenvalue weighted by atomic mass is 32.1. The molecule has 0 saturated carbocycles. The molecule has 174 valence electrons. The SMILES string of the molecule is CC(C)OC(=O)C(C)OC(=O)C1=C(CN2CCOCC2C(=O)O)NC(c2nccs2)=NC1. The monoisotopic (exact) mass is 466 g/mol. The molecule has 0 bridgehead atoms. The summed E-state index contributed by atoms with van der Waals surface area (Å²) in [4.78, 5) is 46.9. The van der Waals surface area contributed by atoms with Gasteiger partial charge in [-0.05, 0) is 20.8 Å². The van der Waals surface area contributed by atoms with Crippen molar-refractivity contribution in [1.82, 2.24) is 15.2 Å². The quantitative estimate of drug-likeness (QED) is 0.518. The van der Waals surface area contributed by atoms with Gasteiger partial charge >= 0.3 is 17.9 Å². The van der Waals surface area contributed by atoms with Crippen molar-refractivity contribution in [3.05, 3.63) is 27.9 Å². The number of carboxylic acid groups (broad SMARTS) is 1. The molecule has 1 aromatic rings. The zero-order chi connectivity index (χ0) is 23.3. The van der Waals surface area contributed by atoms with Crippen LogP contribution in [0.5, 0.6) is 0 Å². The number of hydrogen-bond donors (Lipinski definition) is 2. The number of aliphatic imine (C=N–C) groups is 1. The standard InChI is InChI=1S/C20H26N4O7S/c1-11(2)30-19(27)12(3)31-20(28)13-8-22-16(17-21-4-7-32-17)23-14(13)9-24-5-6-29-10-15(24)18(25)26/h4,7,11-12,15H,5-6,8-10H2,1-3H3,(H,22,23)(H,25,26). The topological polar surface area (TPSA) is 140 Å². The van der Waals surface area contributed by atoms with E-state index >= 15 is 0 Å². The fraction of sp³-hybridized carbons (Fsp3) is 0.550. The highest BCUT2D eigenvalue weighted by molar-refractivity contribution is 7.11. The maximum Gasteiger partial charge on any atom is 0.347 e. The number of carbonyl (C=O) groups excluding carboxylic acids is 2. The number of esters is 2. The predicted octanol–water partition coefficient (Wildman–Crippen LogP) is 0.416. The second kappa shape index (κ2) is 10.7. The molecule has 2 unspecified atom stereocenters. The third kappa shape index (κ3) is 5.90. The summed E-state index contributed by atoms with van der Waals surface area (Å²) in [5, 5.41) is 15.1. The number of aromatic nitrogens is 1. The van der Waals surface area contributed by atoms with Gasteiger partial charge in [-0.2, -0.15) is 0 Å². The van der Waals surface area contributed by atoms with Crippen LogP contribution in [0.4, 0.5) is 0 Å². The number of carboxylic acids is 1. The van der Waals surface area contributed by atoms with Crippen molar-refractivity contribution < 1.29 is 33.7 Å². The van der Waals surface area contributed by atoms with Gasteiger partial charge < -0.3 is 24.6 Å². The molecular formula is C20H26N4O7S. The smallest absolute Gasteiger partial charge is 0.347 e. The highest BCUT2D eigenvalue weighted by Gasteiger charge is 2.33. The average Bonchev–Trinajstić information content (AvgIpc) is 3.28. The van der Waals surface area contributed by atoms with Crippen LogP contribution >= 0.6 is 11.3 Å². The molecule has 1 saturated heterocycles. The van der Waals surface area contributed by atoms with Gasteiger partial charge in [0.1, 0.15) is 6.04 Å². The van der Waals surface area contributed by atoms with E-state index in [9.17, 15) is 19.5 Å². The van der Waals surface area contributed by atoms with Crippen molar-refractivity contribution >= 4 is 35.1 Å². The highest BCUT2D eigenvalue weighted by Crippen LogP contribution is 2.19. The lowest BCUT2D eigenvalue weighted by Crippen LogP contribution is -2.52. The molecule has 2 N–H and O–H groups in total. The molecule has 2 atom stereocenters. The van der Waals surface area contributed by atoms with Gasteiger partial charge in [-0.25, -0.2) is 14.6 Å². The molecule has 2 aliphatic rings. The van der Waals surface area contributed by atoms with Crippen LogP contribution in [0.1, 0.15) is 25.8 Å². The van der Waals surface area contributed by atoms with E-state index in [-0.39, 0.29) is 31.4 Å². The van der Waals surface area contributed by atoms with Crippen LogP contribution in [0.3, 0.4) is 0 Å². The third-order valence-corrected chi connectivity index (χ3v) is 5.54. The van der Waals surface area contributed by atoms with E-state index in [1.165, 1.54) is 18.3 Å². The molecule has 2 aliphatic heterocycles. The van der Waals surface area contributed by atoms with E-state index in [0.29, 0.717) is 29.7 Å². The van der Waals surface area contributed by atoms with Crippen LogP contribution in [-0.4, -0.2) is 89.8 Å². The summed E-state index contributed by atoms with van der Waals surface area (Å²) in [7, 11) is 0. The predicted molar refractivity (Wildman–Crippen MR) is 114 cm³/mol. The Morgan fingerprint density at radius 3 is 2.78 bits per heavy atom. The molecule has 11 nitrogen and oxygen atoms in total. The second-order valence-corrected chi connectivity index (χ2v) is 8.41. The number of amidine groups is 1. The molecule has 3 heterocycles. The van der Waals surface area contributed by atoms with E-state index in [1.807, 2.05) is 0 Å². The van der Waals surface area contributed by atoms with Crippen molar-refractivity contribution in [3.8, 4) is 0 Å². The van der Waals surface area contributed by atoms with Gasteiger partial charge in [-0.1, -0.05) is 0 Å². The van der Waals surface area contributed by atoms with Crippen LogP contribution in [0.2, 0.25) is 0 Å². The van der Waals surface area contributed by atoms with Crippen molar-refractivity contribution in [2.75, 3.05) is 32.8 Å². The van der Waals surface area contributed by atoms with Crippen molar-refractivity contribution in [2.45, 2.75) is 39.0 Å². The summed E-state index contributed by atoms with van der Waals surface area (Å²) >= 11 is 1.38. The van der Waals surface area contributed by atoms with Crippen molar-refractivity contribution in [2.24, 2.45) is 4.99 Å². The summed E-state index contributed by atoms with van der Waals surface area (Å²) in [6, 6.07) is -0.850. The Morgan fingerprint density at radius 2 is 2.12 bits per heavy atom. The van der Waals surface area contributed by atoms with E-state index in [0.717, 1.165) is 0 Å². The number of thiazole rings is 1. The maximum absolute atomic E-state index is 12.9. The van der Waals surface area contributed by atoms with Gasteiger partial charge in [0.25, 0.3) is 0 Å². The Labute approximate surface area is 189 Å². The molecule has 0 aliphatic carbocycles. The van der Waals surface area contributed by atoms with Gasteiger partial charge in [-0.15, -0.1) is 11.3 Å². The fourth-order valence-electron chi connectivity index (χ4n) is 3.16. The lowest BCUT2D eigenvalue weighted by molar-refractivity contribution is -0.167. The summed E-state index contributed by atoms with van der Waals surface area (Å²) < 4.78 is 15.7. The minimum absolute atomic E-state index is 0.00407. The van der Waals surface area contributed by atoms with Gasteiger partial charge in [0.2, 0.25) is 0 Å². The molecule has 12 heteroatoms. The van der Waals surface area contributed by atoms with Crippen LogP contribution < -0.4 is 5.32 Å². The number of carbonyl (C=O) groups is 3. The fourth-order valence-corrected chi connectivity index (χ4v) is 3.76. The lowest BCUT2D eigenvalue weighted by atomic mass is 10.1. The average molecular weight is 467 g/mol. The van der Waals surface area contributed by atoms with Crippen LogP contribution in [0.15, 0.2) is 27.8 Å². The second-order valence-electron chi connectivity index (χ2n) is 7.52. The summed E-state index contributed by atoms with van der Waals surface area (Å²) in [5.74, 6) is -1.89. The van der Waals surface area contributed by atoms with Gasteiger partial charge in [0.15, 0.2) is 16.9 Å². The van der Waals surface area contributed by atoms with Crippen LogP contribution in [-0.2, 0) is 28.6 Å². The summed E-state index contributed by atoms with van der Waals surface area (Å²) in [6.45, 7) is 5.79. The Morgan fingerprint density at radius 1 is 1.34 bits per heavy atom. The van der Waals surface area contributed by atoms with E-state index in [2.05, 4.69) is 15.3 Å².